The number of carbonyl (C=O) groups is 1. The highest BCUT2D eigenvalue weighted by Gasteiger charge is 2.27. The van der Waals surface area contributed by atoms with Crippen molar-refractivity contribution in [2.75, 3.05) is 19.7 Å². The molecule has 0 radical (unpaired) electrons. The Morgan fingerprint density at radius 2 is 2.21 bits per heavy atom. The van der Waals surface area contributed by atoms with Crippen molar-refractivity contribution in [2.45, 2.75) is 38.1 Å². The minimum atomic E-state index is -0.00407. The highest BCUT2D eigenvalue weighted by molar-refractivity contribution is 5.81. The standard InChI is InChI=1S/C10H18N2O2/c13-10(12-7-4-8-14-12)9-5-2-1-3-6-11-9/h9,11H,1-8H2. The van der Waals surface area contributed by atoms with E-state index in [4.69, 9.17) is 4.84 Å². The summed E-state index contributed by atoms with van der Waals surface area (Å²) < 4.78 is 0. The van der Waals surface area contributed by atoms with E-state index in [1.54, 1.807) is 0 Å². The Bertz CT molecular complexity index is 194. The monoisotopic (exact) mass is 198 g/mol. The normalized spacial score (nSPS) is 28.9. The van der Waals surface area contributed by atoms with Crippen LogP contribution < -0.4 is 5.32 Å². The van der Waals surface area contributed by atoms with E-state index in [1.807, 2.05) is 0 Å². The SMILES string of the molecule is O=C(C1CCCCCN1)N1CCCO1. The second-order valence-corrected chi connectivity index (χ2v) is 3.98. The van der Waals surface area contributed by atoms with E-state index in [-0.39, 0.29) is 11.9 Å². The van der Waals surface area contributed by atoms with E-state index in [0.29, 0.717) is 6.61 Å². The zero-order valence-electron chi connectivity index (χ0n) is 8.50. The minimum absolute atomic E-state index is 0.00407. The molecular weight excluding hydrogens is 180 g/mol. The average molecular weight is 198 g/mol. The van der Waals surface area contributed by atoms with Crippen LogP contribution in [0.3, 0.4) is 0 Å². The molecule has 0 aliphatic carbocycles. The maximum Gasteiger partial charge on any atom is 0.263 e. The zero-order valence-corrected chi connectivity index (χ0v) is 8.50. The van der Waals surface area contributed by atoms with Crippen molar-refractivity contribution < 1.29 is 9.63 Å². The molecule has 2 aliphatic rings. The molecule has 0 aromatic carbocycles. The van der Waals surface area contributed by atoms with Gasteiger partial charge in [0.05, 0.1) is 19.2 Å². The predicted molar refractivity (Wildman–Crippen MR) is 52.5 cm³/mol. The summed E-state index contributed by atoms with van der Waals surface area (Å²) in [4.78, 5) is 17.1. The summed E-state index contributed by atoms with van der Waals surface area (Å²) in [5.74, 6) is 0.129. The zero-order chi connectivity index (χ0) is 9.80. The van der Waals surface area contributed by atoms with Crippen LogP contribution >= 0.6 is 0 Å². The van der Waals surface area contributed by atoms with Gasteiger partial charge in [0.15, 0.2) is 0 Å². The Morgan fingerprint density at radius 3 is 3.00 bits per heavy atom. The van der Waals surface area contributed by atoms with Gasteiger partial charge in [-0.05, 0) is 25.8 Å². The van der Waals surface area contributed by atoms with Gasteiger partial charge in [0.2, 0.25) is 0 Å². The van der Waals surface area contributed by atoms with Crippen molar-refractivity contribution in [1.82, 2.24) is 10.4 Å². The van der Waals surface area contributed by atoms with Crippen LogP contribution in [0.2, 0.25) is 0 Å². The summed E-state index contributed by atoms with van der Waals surface area (Å²) in [6.07, 6.45) is 5.50. The number of hydrogen-bond donors (Lipinski definition) is 1. The number of carbonyl (C=O) groups excluding carboxylic acids is 1. The highest BCUT2D eigenvalue weighted by atomic mass is 16.7. The lowest BCUT2D eigenvalue weighted by molar-refractivity contribution is -0.171. The van der Waals surface area contributed by atoms with Crippen molar-refractivity contribution in [3.8, 4) is 0 Å². The third-order valence-electron chi connectivity index (χ3n) is 2.86. The highest BCUT2D eigenvalue weighted by Crippen LogP contribution is 2.13. The number of hydroxylamine groups is 2. The third kappa shape index (κ3) is 2.25. The van der Waals surface area contributed by atoms with Gasteiger partial charge in [-0.3, -0.25) is 9.63 Å². The summed E-state index contributed by atoms with van der Waals surface area (Å²) in [5.41, 5.74) is 0. The van der Waals surface area contributed by atoms with Gasteiger partial charge in [0.1, 0.15) is 0 Å². The molecule has 0 saturated carbocycles. The lowest BCUT2D eigenvalue weighted by atomic mass is 10.1. The number of nitrogens with one attached hydrogen (secondary N) is 1. The lowest BCUT2D eigenvalue weighted by Gasteiger charge is -2.21. The average Bonchev–Trinajstić information content (AvgIpc) is 2.59. The number of amides is 1. The summed E-state index contributed by atoms with van der Waals surface area (Å²) in [6, 6.07) is -0.00407. The molecule has 4 heteroatoms. The van der Waals surface area contributed by atoms with E-state index in [1.165, 1.54) is 17.9 Å². The van der Waals surface area contributed by atoms with Gasteiger partial charge in [0, 0.05) is 0 Å². The molecule has 2 aliphatic heterocycles. The molecule has 1 unspecified atom stereocenters. The molecule has 0 bridgehead atoms. The summed E-state index contributed by atoms with van der Waals surface area (Å²) >= 11 is 0. The largest absolute Gasteiger partial charge is 0.306 e. The van der Waals surface area contributed by atoms with E-state index >= 15 is 0 Å². The maximum absolute atomic E-state index is 11.9. The third-order valence-corrected chi connectivity index (χ3v) is 2.86. The second kappa shape index (κ2) is 4.75. The van der Waals surface area contributed by atoms with Gasteiger partial charge in [-0.25, -0.2) is 5.06 Å². The molecule has 2 saturated heterocycles. The molecule has 14 heavy (non-hydrogen) atoms. The molecule has 1 N–H and O–H groups in total. The van der Waals surface area contributed by atoms with Crippen LogP contribution in [-0.4, -0.2) is 36.7 Å². The Hall–Kier alpha value is -0.610. The Balaban J connectivity index is 1.88. The van der Waals surface area contributed by atoms with Crippen molar-refractivity contribution in [3.05, 3.63) is 0 Å². The Morgan fingerprint density at radius 1 is 1.29 bits per heavy atom. The van der Waals surface area contributed by atoms with Crippen molar-refractivity contribution in [2.24, 2.45) is 0 Å². The summed E-state index contributed by atoms with van der Waals surface area (Å²) in [7, 11) is 0. The molecule has 2 rings (SSSR count). The Labute approximate surface area is 84.6 Å². The van der Waals surface area contributed by atoms with E-state index in [9.17, 15) is 4.79 Å². The van der Waals surface area contributed by atoms with Crippen LogP contribution in [0.25, 0.3) is 0 Å². The molecule has 2 fully saturated rings. The number of nitrogens with zero attached hydrogens (tertiary/aromatic N) is 1. The molecule has 0 spiro atoms. The van der Waals surface area contributed by atoms with E-state index < -0.39 is 0 Å². The minimum Gasteiger partial charge on any atom is -0.306 e. The number of rotatable bonds is 1. The van der Waals surface area contributed by atoms with Crippen LogP contribution in [0, 0.1) is 0 Å². The lowest BCUT2D eigenvalue weighted by Crippen LogP contribution is -2.44. The first-order valence-electron chi connectivity index (χ1n) is 5.55. The number of hydrogen-bond acceptors (Lipinski definition) is 3. The molecule has 0 aromatic rings. The fraction of sp³-hybridized carbons (Fsp3) is 0.900. The van der Waals surface area contributed by atoms with Gasteiger partial charge in [0.25, 0.3) is 5.91 Å². The summed E-state index contributed by atoms with van der Waals surface area (Å²) in [5, 5.41) is 4.82. The molecule has 4 nitrogen and oxygen atoms in total. The van der Waals surface area contributed by atoms with Crippen LogP contribution in [0.4, 0.5) is 0 Å². The fourth-order valence-corrected chi connectivity index (χ4v) is 2.03. The molecular formula is C10H18N2O2. The van der Waals surface area contributed by atoms with Gasteiger partial charge in [-0.2, -0.15) is 0 Å². The molecule has 0 aromatic heterocycles. The predicted octanol–water partition coefficient (Wildman–Crippen LogP) is 0.682. The first-order chi connectivity index (χ1) is 6.88. The smallest absolute Gasteiger partial charge is 0.263 e. The fourth-order valence-electron chi connectivity index (χ4n) is 2.03. The second-order valence-electron chi connectivity index (χ2n) is 3.98. The van der Waals surface area contributed by atoms with Gasteiger partial charge in [-0.15, -0.1) is 0 Å². The maximum atomic E-state index is 11.9. The summed E-state index contributed by atoms with van der Waals surface area (Å²) in [6.45, 7) is 2.42. The van der Waals surface area contributed by atoms with Crippen molar-refractivity contribution in [1.29, 1.82) is 0 Å². The molecule has 1 atom stereocenters. The van der Waals surface area contributed by atoms with Crippen molar-refractivity contribution >= 4 is 5.91 Å². The van der Waals surface area contributed by atoms with Gasteiger partial charge >= 0.3 is 0 Å². The topological polar surface area (TPSA) is 41.6 Å². The Kier molecular flexibility index (Phi) is 3.37. The van der Waals surface area contributed by atoms with Gasteiger partial charge in [-0.1, -0.05) is 12.8 Å². The van der Waals surface area contributed by atoms with Crippen LogP contribution in [0.15, 0.2) is 0 Å². The first kappa shape index (κ1) is 9.93. The van der Waals surface area contributed by atoms with E-state index in [2.05, 4.69) is 5.32 Å². The van der Waals surface area contributed by atoms with E-state index in [0.717, 1.165) is 32.4 Å². The molecule has 1 amide bonds. The van der Waals surface area contributed by atoms with Crippen molar-refractivity contribution in [3.63, 3.8) is 0 Å². The van der Waals surface area contributed by atoms with Crippen LogP contribution in [0.1, 0.15) is 32.1 Å². The van der Waals surface area contributed by atoms with Gasteiger partial charge < -0.3 is 5.32 Å². The quantitative estimate of drug-likeness (QED) is 0.673. The first-order valence-corrected chi connectivity index (χ1v) is 5.55. The molecule has 80 valence electrons. The van der Waals surface area contributed by atoms with Crippen LogP contribution in [-0.2, 0) is 9.63 Å². The molecule has 2 heterocycles. The van der Waals surface area contributed by atoms with Crippen LogP contribution in [0.5, 0.6) is 0 Å².